The van der Waals surface area contributed by atoms with Gasteiger partial charge in [-0.3, -0.25) is 14.4 Å². The van der Waals surface area contributed by atoms with Crippen LogP contribution < -0.4 is 10.6 Å². The van der Waals surface area contributed by atoms with Gasteiger partial charge >= 0.3 is 18.1 Å². The number of halogens is 3. The topological polar surface area (TPSA) is 118 Å². The molecule has 1 aliphatic rings. The van der Waals surface area contributed by atoms with Crippen LogP contribution in [0.5, 0.6) is 0 Å². The minimum atomic E-state index is -5.35. The second-order valence-electron chi connectivity index (χ2n) is 9.39. The van der Waals surface area contributed by atoms with E-state index in [0.29, 0.717) is 24.1 Å². The van der Waals surface area contributed by atoms with Gasteiger partial charge in [-0.15, -0.1) is 0 Å². The number of aromatic nitrogens is 1. The highest BCUT2D eigenvalue weighted by atomic mass is 19.4. The van der Waals surface area contributed by atoms with E-state index in [-0.39, 0.29) is 19.6 Å². The molecule has 0 saturated carbocycles. The number of amides is 2. The van der Waals surface area contributed by atoms with E-state index in [1.54, 1.807) is 30.5 Å². The molecule has 2 amide bonds. The summed E-state index contributed by atoms with van der Waals surface area (Å²) in [7, 11) is 0. The van der Waals surface area contributed by atoms with Gasteiger partial charge < -0.3 is 20.3 Å². The van der Waals surface area contributed by atoms with Gasteiger partial charge in [0.1, 0.15) is 5.82 Å². The Hall–Kier alpha value is -4.74. The molecule has 3 aromatic rings. The summed E-state index contributed by atoms with van der Waals surface area (Å²) in [6, 6.07) is 19.8. The van der Waals surface area contributed by atoms with Gasteiger partial charge in [-0.05, 0) is 40.8 Å². The number of ether oxygens (including phenoxy) is 1. The predicted octanol–water partition coefficient (Wildman–Crippen LogP) is 3.50. The number of esters is 2. The summed E-state index contributed by atoms with van der Waals surface area (Å²) in [6.07, 6.45) is -4.08. The van der Waals surface area contributed by atoms with Crippen molar-refractivity contribution in [3.63, 3.8) is 0 Å². The molecule has 1 aliphatic heterocycles. The number of rotatable bonds is 9. The number of carbonyl (C=O) groups excluding carboxylic acids is 4. The van der Waals surface area contributed by atoms with Crippen LogP contribution in [0, 0.1) is 0 Å². The van der Waals surface area contributed by atoms with Gasteiger partial charge in [-0.25, -0.2) is 9.78 Å². The molecular weight excluding hydrogens is 541 g/mol. The largest absolute Gasteiger partial charge is 0.491 e. The van der Waals surface area contributed by atoms with Crippen LogP contribution in [0.25, 0.3) is 0 Å². The lowest BCUT2D eigenvalue weighted by atomic mass is 9.91. The van der Waals surface area contributed by atoms with Crippen LogP contribution in [0.3, 0.4) is 0 Å². The number of alkyl halides is 3. The number of pyridine rings is 1. The molecule has 0 spiro atoms. The Morgan fingerprint density at radius 2 is 1.71 bits per heavy atom. The first-order chi connectivity index (χ1) is 19.6. The molecule has 0 bridgehead atoms. The Balaban J connectivity index is 1.37. The van der Waals surface area contributed by atoms with Crippen molar-refractivity contribution in [3.05, 3.63) is 95.2 Å². The van der Waals surface area contributed by atoms with Crippen molar-refractivity contribution in [2.45, 2.75) is 38.0 Å². The first kappa shape index (κ1) is 29.2. The summed E-state index contributed by atoms with van der Waals surface area (Å²) in [5.74, 6) is -5.68. The zero-order chi connectivity index (χ0) is 29.4. The summed E-state index contributed by atoms with van der Waals surface area (Å²) in [5, 5.41) is 5.99. The number of hydrogen-bond donors (Lipinski definition) is 2. The van der Waals surface area contributed by atoms with Gasteiger partial charge in [-0.1, -0.05) is 54.6 Å². The van der Waals surface area contributed by atoms with Crippen molar-refractivity contribution < 1.29 is 37.1 Å². The molecule has 0 saturated heterocycles. The van der Waals surface area contributed by atoms with E-state index in [9.17, 15) is 32.3 Å². The predicted molar refractivity (Wildman–Crippen MR) is 141 cm³/mol. The summed E-state index contributed by atoms with van der Waals surface area (Å²) in [5.41, 5.74) is 2.96. The van der Waals surface area contributed by atoms with E-state index < -0.39 is 42.3 Å². The Kier molecular flexibility index (Phi) is 9.33. The zero-order valence-corrected chi connectivity index (χ0v) is 21.8. The molecule has 2 aromatic carbocycles. The number of hydrogen-bond acceptors (Lipinski definition) is 7. The van der Waals surface area contributed by atoms with Crippen LogP contribution in [0.4, 0.5) is 19.0 Å². The van der Waals surface area contributed by atoms with E-state index in [2.05, 4.69) is 20.4 Å². The van der Waals surface area contributed by atoms with Crippen LogP contribution >= 0.6 is 0 Å². The van der Waals surface area contributed by atoms with Crippen molar-refractivity contribution >= 4 is 29.6 Å². The van der Waals surface area contributed by atoms with Crippen molar-refractivity contribution in [3.8, 4) is 0 Å². The Bertz CT molecular complexity index is 1410. The Morgan fingerprint density at radius 1 is 0.976 bits per heavy atom. The summed E-state index contributed by atoms with van der Waals surface area (Å²) in [4.78, 5) is 55.0. The minimum Gasteiger partial charge on any atom is -0.386 e. The average molecular weight is 569 g/mol. The zero-order valence-electron chi connectivity index (χ0n) is 21.8. The highest BCUT2D eigenvalue weighted by Gasteiger charge is 2.43. The Labute approximate surface area is 233 Å². The number of carbonyl (C=O) groups is 4. The standard InChI is InChI=1S/C29H27F3N4O5/c30-29(31,32)28(40)41-26(38)15-23-22-9-2-1-8-21(22)11-13-36(27(23)39)18-25(37)35-17-20-7-5-6-19(14-20)16-34-24-10-3-4-12-33-24/h1-10,12,14,23H,11,13,15-18H2,(H,33,34)(H,35,37). The SMILES string of the molecule is O=C(CN1CCc2ccccc2C(CC(=O)OC(=O)C(F)(F)F)C1=O)NCc1cccc(CNc2ccccn2)c1. The number of nitrogens with zero attached hydrogens (tertiary/aromatic N) is 2. The van der Waals surface area contributed by atoms with Gasteiger partial charge in [0.05, 0.1) is 18.9 Å². The van der Waals surface area contributed by atoms with E-state index >= 15 is 0 Å². The van der Waals surface area contributed by atoms with E-state index in [0.717, 1.165) is 16.9 Å². The summed E-state index contributed by atoms with van der Waals surface area (Å²) in [6.45, 7) is 0.569. The third kappa shape index (κ3) is 8.13. The molecule has 12 heteroatoms. The Morgan fingerprint density at radius 3 is 2.44 bits per heavy atom. The van der Waals surface area contributed by atoms with E-state index in [1.807, 2.05) is 42.5 Å². The minimum absolute atomic E-state index is 0.158. The van der Waals surface area contributed by atoms with Gasteiger partial charge in [0.25, 0.3) is 0 Å². The molecule has 1 atom stereocenters. The first-order valence-corrected chi connectivity index (χ1v) is 12.8. The second-order valence-corrected chi connectivity index (χ2v) is 9.39. The number of benzene rings is 2. The highest BCUT2D eigenvalue weighted by Crippen LogP contribution is 2.30. The van der Waals surface area contributed by atoms with Gasteiger partial charge in [0.2, 0.25) is 11.8 Å². The normalized spacial score (nSPS) is 15.0. The molecule has 1 aromatic heterocycles. The molecule has 2 N–H and O–H groups in total. The molecule has 1 unspecified atom stereocenters. The molecule has 2 heterocycles. The molecule has 214 valence electrons. The fourth-order valence-corrected chi connectivity index (χ4v) is 4.48. The van der Waals surface area contributed by atoms with Gasteiger partial charge in [0, 0.05) is 25.8 Å². The average Bonchev–Trinajstić information content (AvgIpc) is 3.08. The van der Waals surface area contributed by atoms with Crippen LogP contribution in [0.15, 0.2) is 72.9 Å². The fraction of sp³-hybridized carbons (Fsp3) is 0.276. The lowest BCUT2D eigenvalue weighted by Crippen LogP contribution is -2.43. The molecule has 4 rings (SSSR count). The number of nitrogens with one attached hydrogen (secondary N) is 2. The lowest BCUT2D eigenvalue weighted by molar-refractivity contribution is -0.202. The van der Waals surface area contributed by atoms with Gasteiger partial charge in [-0.2, -0.15) is 13.2 Å². The second kappa shape index (κ2) is 13.1. The summed E-state index contributed by atoms with van der Waals surface area (Å²) < 4.78 is 41.6. The maximum Gasteiger partial charge on any atom is 0.491 e. The van der Waals surface area contributed by atoms with E-state index in [1.165, 1.54) is 4.90 Å². The first-order valence-electron chi connectivity index (χ1n) is 12.8. The van der Waals surface area contributed by atoms with Crippen molar-refractivity contribution in [2.24, 2.45) is 0 Å². The van der Waals surface area contributed by atoms with Crippen LogP contribution in [-0.2, 0) is 43.4 Å². The monoisotopic (exact) mass is 568 g/mol. The number of fused-ring (bicyclic) bond motifs is 1. The fourth-order valence-electron chi connectivity index (χ4n) is 4.48. The quantitative estimate of drug-likeness (QED) is 0.300. The van der Waals surface area contributed by atoms with E-state index in [4.69, 9.17) is 0 Å². The molecule has 0 radical (unpaired) electrons. The number of anilines is 1. The van der Waals surface area contributed by atoms with Gasteiger partial charge in [0.15, 0.2) is 0 Å². The molecule has 0 aliphatic carbocycles. The molecule has 41 heavy (non-hydrogen) atoms. The van der Waals surface area contributed by atoms with Crippen LogP contribution in [-0.4, -0.2) is 52.9 Å². The summed E-state index contributed by atoms with van der Waals surface area (Å²) >= 11 is 0. The van der Waals surface area contributed by atoms with Crippen LogP contribution in [0.1, 0.15) is 34.6 Å². The third-order valence-electron chi connectivity index (χ3n) is 6.45. The van der Waals surface area contributed by atoms with Crippen molar-refractivity contribution in [1.82, 2.24) is 15.2 Å². The van der Waals surface area contributed by atoms with Crippen molar-refractivity contribution in [1.29, 1.82) is 0 Å². The molecule has 9 nitrogen and oxygen atoms in total. The smallest absolute Gasteiger partial charge is 0.386 e. The molecular formula is C29H27F3N4O5. The maximum absolute atomic E-state index is 13.4. The highest BCUT2D eigenvalue weighted by molar-refractivity contribution is 5.94. The molecule has 0 fully saturated rings. The third-order valence-corrected chi connectivity index (χ3v) is 6.45. The van der Waals surface area contributed by atoms with Crippen molar-refractivity contribution in [2.75, 3.05) is 18.4 Å². The lowest BCUT2D eigenvalue weighted by Gasteiger charge is -2.24. The maximum atomic E-state index is 13.4. The van der Waals surface area contributed by atoms with Crippen LogP contribution in [0.2, 0.25) is 0 Å².